The minimum Gasteiger partial charge on any atom is -0.494 e. The molecule has 0 saturated heterocycles. The monoisotopic (exact) mass is 475 g/mol. The molecule has 0 saturated carbocycles. The quantitative estimate of drug-likeness (QED) is 0.254. The highest BCUT2D eigenvalue weighted by atomic mass is 32.1. The molecule has 178 valence electrons. The molecule has 0 radical (unpaired) electrons. The van der Waals surface area contributed by atoms with Gasteiger partial charge in [-0.05, 0) is 62.9 Å². The van der Waals surface area contributed by atoms with Crippen LogP contribution in [0.4, 0.5) is 10.8 Å². The fourth-order valence-electron chi connectivity index (χ4n) is 3.85. The van der Waals surface area contributed by atoms with Gasteiger partial charge in [0.1, 0.15) is 5.75 Å². The summed E-state index contributed by atoms with van der Waals surface area (Å²) >= 11 is 1.64. The van der Waals surface area contributed by atoms with E-state index in [1.807, 2.05) is 35.9 Å². The molecule has 0 aliphatic carbocycles. The van der Waals surface area contributed by atoms with Crippen molar-refractivity contribution in [3.05, 3.63) is 83.4 Å². The summed E-state index contributed by atoms with van der Waals surface area (Å²) in [5, 5.41) is 10.1. The fourth-order valence-corrected chi connectivity index (χ4v) is 4.61. The molecular formula is C27H33N5OS. The van der Waals surface area contributed by atoms with E-state index in [1.54, 1.807) is 24.8 Å². The highest BCUT2D eigenvalue weighted by Gasteiger charge is 2.10. The SMILES string of the molecule is COc1cc(Nc2nc(CCC(C)CNCCc3ccccc3)cs2)ccc1-n1cnc(C)c1. The molecule has 1 atom stereocenters. The van der Waals surface area contributed by atoms with E-state index in [4.69, 9.17) is 9.72 Å². The van der Waals surface area contributed by atoms with E-state index in [9.17, 15) is 0 Å². The zero-order chi connectivity index (χ0) is 23.8. The molecule has 4 aromatic rings. The highest BCUT2D eigenvalue weighted by Crippen LogP contribution is 2.29. The maximum absolute atomic E-state index is 5.61. The van der Waals surface area contributed by atoms with Gasteiger partial charge in [-0.25, -0.2) is 9.97 Å². The van der Waals surface area contributed by atoms with Crippen LogP contribution in [0.15, 0.2) is 66.4 Å². The number of thiazole rings is 1. The Bertz CT molecular complexity index is 1170. The number of rotatable bonds is 12. The summed E-state index contributed by atoms with van der Waals surface area (Å²) in [6, 6.07) is 16.7. The van der Waals surface area contributed by atoms with Gasteiger partial charge in [0.25, 0.3) is 0 Å². The number of benzene rings is 2. The average Bonchev–Trinajstić information content (AvgIpc) is 3.49. The van der Waals surface area contributed by atoms with Gasteiger partial charge in [0.15, 0.2) is 5.13 Å². The summed E-state index contributed by atoms with van der Waals surface area (Å²) in [5.74, 6) is 1.39. The van der Waals surface area contributed by atoms with Crippen molar-refractivity contribution in [1.29, 1.82) is 0 Å². The molecule has 4 rings (SSSR count). The number of imidazole rings is 1. The zero-order valence-corrected chi connectivity index (χ0v) is 20.9. The van der Waals surface area contributed by atoms with Crippen LogP contribution in [0.25, 0.3) is 5.69 Å². The zero-order valence-electron chi connectivity index (χ0n) is 20.1. The molecular weight excluding hydrogens is 442 g/mol. The summed E-state index contributed by atoms with van der Waals surface area (Å²) in [4.78, 5) is 9.09. The Kier molecular flexibility index (Phi) is 8.33. The first-order chi connectivity index (χ1) is 16.6. The minimum absolute atomic E-state index is 0.609. The van der Waals surface area contributed by atoms with Crippen molar-refractivity contribution in [2.45, 2.75) is 33.1 Å². The second-order valence-corrected chi connectivity index (χ2v) is 9.52. The highest BCUT2D eigenvalue weighted by molar-refractivity contribution is 7.13. The average molecular weight is 476 g/mol. The first kappa shape index (κ1) is 24.0. The van der Waals surface area contributed by atoms with E-state index in [2.05, 4.69) is 58.3 Å². The van der Waals surface area contributed by atoms with Gasteiger partial charge in [-0.2, -0.15) is 0 Å². The van der Waals surface area contributed by atoms with Gasteiger partial charge >= 0.3 is 0 Å². The van der Waals surface area contributed by atoms with Crippen LogP contribution in [0.1, 0.15) is 30.3 Å². The number of aryl methyl sites for hydroxylation is 2. The van der Waals surface area contributed by atoms with Crippen LogP contribution in [-0.2, 0) is 12.8 Å². The molecule has 0 spiro atoms. The summed E-state index contributed by atoms with van der Waals surface area (Å²) in [7, 11) is 1.69. The van der Waals surface area contributed by atoms with Gasteiger partial charge in [0.2, 0.25) is 0 Å². The topological polar surface area (TPSA) is 64.0 Å². The lowest BCUT2D eigenvalue weighted by Crippen LogP contribution is -2.23. The lowest BCUT2D eigenvalue weighted by atomic mass is 10.0. The van der Waals surface area contributed by atoms with E-state index < -0.39 is 0 Å². The molecule has 0 bridgehead atoms. The van der Waals surface area contributed by atoms with Crippen molar-refractivity contribution < 1.29 is 4.74 Å². The molecule has 0 amide bonds. The Morgan fingerprint density at radius 3 is 2.74 bits per heavy atom. The van der Waals surface area contributed by atoms with Crippen LogP contribution in [0.2, 0.25) is 0 Å². The van der Waals surface area contributed by atoms with Crippen LogP contribution in [0, 0.1) is 12.8 Å². The first-order valence-corrected chi connectivity index (χ1v) is 12.6. The number of nitrogens with zero attached hydrogens (tertiary/aromatic N) is 3. The van der Waals surface area contributed by atoms with Crippen molar-refractivity contribution in [3.63, 3.8) is 0 Å². The Balaban J connectivity index is 1.24. The lowest BCUT2D eigenvalue weighted by Gasteiger charge is -2.12. The van der Waals surface area contributed by atoms with Gasteiger partial charge in [-0.3, -0.25) is 0 Å². The molecule has 0 aliphatic rings. The van der Waals surface area contributed by atoms with Gasteiger partial charge in [-0.1, -0.05) is 37.3 Å². The molecule has 2 N–H and O–H groups in total. The summed E-state index contributed by atoms with van der Waals surface area (Å²) in [5.41, 5.74) is 5.40. The Morgan fingerprint density at radius 1 is 1.12 bits per heavy atom. The predicted molar refractivity (Wildman–Crippen MR) is 141 cm³/mol. The molecule has 34 heavy (non-hydrogen) atoms. The summed E-state index contributed by atoms with van der Waals surface area (Å²) in [6.45, 7) is 6.32. The minimum atomic E-state index is 0.609. The van der Waals surface area contributed by atoms with Crippen molar-refractivity contribution >= 4 is 22.2 Å². The van der Waals surface area contributed by atoms with Gasteiger partial charge in [0.05, 0.1) is 30.5 Å². The number of methoxy groups -OCH3 is 1. The smallest absolute Gasteiger partial charge is 0.187 e. The molecule has 2 aromatic heterocycles. The van der Waals surface area contributed by atoms with Crippen molar-refractivity contribution in [1.82, 2.24) is 19.9 Å². The van der Waals surface area contributed by atoms with Gasteiger partial charge in [-0.15, -0.1) is 11.3 Å². The van der Waals surface area contributed by atoms with E-state index in [-0.39, 0.29) is 0 Å². The van der Waals surface area contributed by atoms with Crippen LogP contribution in [-0.4, -0.2) is 34.7 Å². The second kappa shape index (κ2) is 11.8. The third kappa shape index (κ3) is 6.68. The molecule has 0 aliphatic heterocycles. The van der Waals surface area contributed by atoms with Gasteiger partial charge in [0, 0.05) is 23.3 Å². The Morgan fingerprint density at radius 2 is 1.97 bits per heavy atom. The van der Waals surface area contributed by atoms with Crippen LogP contribution in [0.3, 0.4) is 0 Å². The number of anilines is 2. The van der Waals surface area contributed by atoms with Gasteiger partial charge < -0.3 is 19.9 Å². The molecule has 2 heterocycles. The molecule has 7 heteroatoms. The summed E-state index contributed by atoms with van der Waals surface area (Å²) in [6.07, 6.45) is 6.96. The van der Waals surface area contributed by atoms with Crippen molar-refractivity contribution in [2.75, 3.05) is 25.5 Å². The molecule has 1 unspecified atom stereocenters. The lowest BCUT2D eigenvalue weighted by molar-refractivity contribution is 0.413. The van der Waals surface area contributed by atoms with Crippen LogP contribution in [0.5, 0.6) is 5.75 Å². The third-order valence-electron chi connectivity index (χ3n) is 5.79. The van der Waals surface area contributed by atoms with E-state index in [0.29, 0.717) is 5.92 Å². The second-order valence-electron chi connectivity index (χ2n) is 8.66. The Hall–Kier alpha value is -3.16. The molecule has 2 aromatic carbocycles. The number of ether oxygens (including phenoxy) is 1. The van der Waals surface area contributed by atoms with Crippen LogP contribution < -0.4 is 15.4 Å². The maximum Gasteiger partial charge on any atom is 0.187 e. The maximum atomic E-state index is 5.61. The standard InChI is InChI=1S/C27H33N5OS/c1-20(16-28-14-13-22-7-5-4-6-8-22)9-10-24-18-34-27(31-24)30-23-11-12-25(26(15-23)33-3)32-17-21(2)29-19-32/h4-8,11-12,15,17-20,28H,9-10,13-14,16H2,1-3H3,(H,30,31). The molecule has 0 fully saturated rings. The van der Waals surface area contributed by atoms with E-state index >= 15 is 0 Å². The fraction of sp³-hybridized carbons (Fsp3) is 0.333. The number of hydrogen-bond acceptors (Lipinski definition) is 6. The predicted octanol–water partition coefficient (Wildman–Crippen LogP) is 5.79. The third-order valence-corrected chi connectivity index (χ3v) is 6.60. The number of hydrogen-bond donors (Lipinski definition) is 2. The van der Waals surface area contributed by atoms with Crippen molar-refractivity contribution in [2.24, 2.45) is 5.92 Å². The first-order valence-electron chi connectivity index (χ1n) is 11.8. The number of aromatic nitrogens is 3. The van der Waals surface area contributed by atoms with E-state index in [0.717, 1.165) is 66.0 Å². The largest absolute Gasteiger partial charge is 0.494 e. The Labute approximate surface area is 206 Å². The molecule has 6 nitrogen and oxygen atoms in total. The number of nitrogens with one attached hydrogen (secondary N) is 2. The van der Waals surface area contributed by atoms with E-state index in [1.165, 1.54) is 5.56 Å². The summed E-state index contributed by atoms with van der Waals surface area (Å²) < 4.78 is 7.58. The van der Waals surface area contributed by atoms with Crippen LogP contribution >= 0.6 is 11.3 Å². The van der Waals surface area contributed by atoms with Crippen molar-refractivity contribution in [3.8, 4) is 11.4 Å². The normalized spacial score (nSPS) is 12.0.